The van der Waals surface area contributed by atoms with Crippen LogP contribution in [-0.2, 0) is 4.79 Å². The smallest absolute Gasteiger partial charge is 0.231 e. The van der Waals surface area contributed by atoms with Crippen molar-refractivity contribution in [3.63, 3.8) is 0 Å². The number of hydrogen-bond acceptors (Lipinski definition) is 9. The van der Waals surface area contributed by atoms with Crippen LogP contribution in [0.1, 0.15) is 25.7 Å². The number of fused-ring (bicyclic) bond motifs is 2. The first-order valence-corrected chi connectivity index (χ1v) is 12.2. The molecule has 9 nitrogen and oxygen atoms in total. The number of anilines is 1. The van der Waals surface area contributed by atoms with Crippen LogP contribution in [0.25, 0.3) is 0 Å². The lowest BCUT2D eigenvalue weighted by atomic mass is 9.81. The fourth-order valence-corrected chi connectivity index (χ4v) is 6.23. The molecule has 0 aromatic heterocycles. The number of benzene rings is 1. The number of amidine groups is 1. The first-order valence-electron chi connectivity index (χ1n) is 11.4. The summed E-state index contributed by atoms with van der Waals surface area (Å²) in [6.45, 7) is 3.83. The predicted octanol–water partition coefficient (Wildman–Crippen LogP) is 1.01. The molecule has 4 aliphatic rings. The van der Waals surface area contributed by atoms with Gasteiger partial charge in [0.05, 0.1) is 18.1 Å². The Balaban J connectivity index is 1.21. The van der Waals surface area contributed by atoms with Gasteiger partial charge >= 0.3 is 0 Å². The fraction of sp³-hybridized carbons (Fsp3) is 0.636. The number of aliphatic imine (C=N–C) groups is 1. The number of ether oxygens (including phenoxy) is 2. The van der Waals surface area contributed by atoms with Crippen molar-refractivity contribution >= 4 is 28.5 Å². The zero-order valence-corrected chi connectivity index (χ0v) is 18.7. The summed E-state index contributed by atoms with van der Waals surface area (Å²) >= 11 is 1.45. The lowest BCUT2D eigenvalue weighted by Crippen LogP contribution is -2.54. The van der Waals surface area contributed by atoms with E-state index in [9.17, 15) is 15.0 Å². The summed E-state index contributed by atoms with van der Waals surface area (Å²) in [5, 5.41) is 27.6. The van der Waals surface area contributed by atoms with E-state index in [1.165, 1.54) is 31.0 Å². The number of rotatable bonds is 5. The molecule has 0 spiro atoms. The molecule has 3 heterocycles. The highest BCUT2D eigenvalue weighted by Crippen LogP contribution is 2.42. The van der Waals surface area contributed by atoms with Crippen molar-refractivity contribution < 1.29 is 24.5 Å². The highest BCUT2D eigenvalue weighted by atomic mass is 32.2. The Bertz CT molecular complexity index is 878. The number of likely N-dealkylation sites (tertiary alicyclic amines) is 1. The molecule has 2 fully saturated rings. The maximum Gasteiger partial charge on any atom is 0.231 e. The second kappa shape index (κ2) is 9.46. The van der Waals surface area contributed by atoms with Gasteiger partial charge in [-0.25, -0.2) is 0 Å². The topological polar surface area (TPSA) is 116 Å². The molecule has 0 radical (unpaired) electrons. The van der Waals surface area contributed by atoms with Gasteiger partial charge in [0.15, 0.2) is 16.7 Å². The summed E-state index contributed by atoms with van der Waals surface area (Å²) in [4.78, 5) is 20.0. The lowest BCUT2D eigenvalue weighted by Gasteiger charge is -2.37. The van der Waals surface area contributed by atoms with E-state index in [0.29, 0.717) is 23.2 Å². The van der Waals surface area contributed by atoms with Crippen LogP contribution in [0, 0.1) is 5.92 Å². The zero-order chi connectivity index (χ0) is 22.1. The van der Waals surface area contributed by atoms with E-state index in [1.807, 2.05) is 18.2 Å². The van der Waals surface area contributed by atoms with Gasteiger partial charge in [0, 0.05) is 30.1 Å². The van der Waals surface area contributed by atoms with Crippen molar-refractivity contribution in [1.82, 2.24) is 10.2 Å². The van der Waals surface area contributed by atoms with Gasteiger partial charge in [0.1, 0.15) is 6.10 Å². The first kappa shape index (κ1) is 21.8. The molecule has 10 heteroatoms. The summed E-state index contributed by atoms with van der Waals surface area (Å²) in [5.74, 6) is 0.877. The number of piperidine rings is 1. The molecule has 1 aliphatic carbocycles. The monoisotopic (exact) mass is 462 g/mol. The van der Waals surface area contributed by atoms with Crippen LogP contribution in [0.15, 0.2) is 23.2 Å². The van der Waals surface area contributed by atoms with E-state index in [0.717, 1.165) is 25.3 Å². The maximum atomic E-state index is 13.0. The molecule has 174 valence electrons. The van der Waals surface area contributed by atoms with Crippen LogP contribution in [0.2, 0.25) is 0 Å². The first-order chi connectivity index (χ1) is 15.6. The van der Waals surface area contributed by atoms with Crippen LogP contribution in [0.4, 0.5) is 5.69 Å². The lowest BCUT2D eigenvalue weighted by molar-refractivity contribution is -0.129. The molecule has 4 N–H and O–H groups in total. The molecule has 3 aliphatic heterocycles. The van der Waals surface area contributed by atoms with Gasteiger partial charge in [0.25, 0.3) is 0 Å². The van der Waals surface area contributed by atoms with Crippen molar-refractivity contribution in [3.8, 4) is 11.5 Å². The number of hydrogen-bond donors (Lipinski definition) is 4. The minimum Gasteiger partial charge on any atom is -0.454 e. The van der Waals surface area contributed by atoms with E-state index in [-0.39, 0.29) is 24.4 Å². The third kappa shape index (κ3) is 4.54. The standard InChI is InChI=1S/C22H30N4O5S/c27-15-11-14(21(29)23-6-9-26-7-2-1-3-8-26)20-18(19(15)28)25-22(32-20)24-13-4-5-16-17(10-13)31-12-30-16/h4-5,10,14-15,18-20,27-28H,1-3,6-9,11-12H2,(H,23,29)(H,24,25)/t14-,15+,18-,19-,20+/m0/s1. The van der Waals surface area contributed by atoms with Crippen LogP contribution >= 0.6 is 11.8 Å². The second-order valence-corrected chi connectivity index (χ2v) is 9.96. The largest absolute Gasteiger partial charge is 0.454 e. The van der Waals surface area contributed by atoms with Crippen LogP contribution in [0.5, 0.6) is 11.5 Å². The quantitative estimate of drug-likeness (QED) is 0.513. The number of carbonyl (C=O) groups is 1. The van der Waals surface area contributed by atoms with E-state index in [4.69, 9.17) is 9.47 Å². The summed E-state index contributed by atoms with van der Waals surface area (Å²) in [6.07, 6.45) is 2.00. The zero-order valence-electron chi connectivity index (χ0n) is 17.9. The fourth-order valence-electron chi connectivity index (χ4n) is 4.86. The Morgan fingerprint density at radius 1 is 1.19 bits per heavy atom. The minimum absolute atomic E-state index is 0.0741. The van der Waals surface area contributed by atoms with Gasteiger partial charge in [-0.15, -0.1) is 0 Å². The molecular weight excluding hydrogens is 432 g/mol. The number of thioether (sulfide) groups is 1. The Labute approximate surface area is 191 Å². The molecule has 0 unspecified atom stereocenters. The summed E-state index contributed by atoms with van der Waals surface area (Å²) < 4.78 is 10.8. The maximum absolute atomic E-state index is 13.0. The molecule has 1 amide bonds. The number of nitrogens with zero attached hydrogens (tertiary/aromatic N) is 2. The van der Waals surface area contributed by atoms with Gasteiger partial charge < -0.3 is 35.2 Å². The second-order valence-electron chi connectivity index (χ2n) is 8.79. The molecule has 1 aromatic rings. The van der Waals surface area contributed by atoms with Crippen LogP contribution in [0.3, 0.4) is 0 Å². The Morgan fingerprint density at radius 3 is 2.84 bits per heavy atom. The average molecular weight is 463 g/mol. The third-order valence-electron chi connectivity index (χ3n) is 6.62. The number of aliphatic hydroxyl groups is 2. The number of carbonyl (C=O) groups excluding carboxylic acids is 1. The Kier molecular flexibility index (Phi) is 6.45. The molecule has 5 rings (SSSR count). The van der Waals surface area contributed by atoms with Gasteiger partial charge in [0.2, 0.25) is 12.7 Å². The van der Waals surface area contributed by atoms with Crippen molar-refractivity contribution in [3.05, 3.63) is 18.2 Å². The Morgan fingerprint density at radius 2 is 2.00 bits per heavy atom. The van der Waals surface area contributed by atoms with Gasteiger partial charge in [-0.2, -0.15) is 0 Å². The number of nitrogens with one attached hydrogen (secondary N) is 2. The van der Waals surface area contributed by atoms with Crippen molar-refractivity contribution in [2.45, 2.75) is 49.2 Å². The SMILES string of the molecule is O=C(NCCN1CCCCC1)[C@H]1C[C@@H](O)[C@H](O)[C@@H]2N=C(Nc3ccc4c(c3)OCO4)S[C@@H]21. The minimum atomic E-state index is -0.985. The van der Waals surface area contributed by atoms with Crippen molar-refractivity contribution in [1.29, 1.82) is 0 Å². The van der Waals surface area contributed by atoms with Crippen molar-refractivity contribution in [2.24, 2.45) is 10.9 Å². The number of amides is 1. The van der Waals surface area contributed by atoms with Gasteiger partial charge in [-0.1, -0.05) is 18.2 Å². The highest BCUT2D eigenvalue weighted by Gasteiger charge is 2.50. The van der Waals surface area contributed by atoms with Crippen LogP contribution in [-0.4, -0.2) is 82.7 Å². The van der Waals surface area contributed by atoms with E-state index < -0.39 is 24.2 Å². The Hall–Kier alpha value is -2.01. The summed E-state index contributed by atoms with van der Waals surface area (Å²) in [7, 11) is 0. The average Bonchev–Trinajstić information content (AvgIpc) is 3.44. The van der Waals surface area contributed by atoms with E-state index in [1.54, 1.807) is 0 Å². The van der Waals surface area contributed by atoms with E-state index in [2.05, 4.69) is 20.5 Å². The predicted molar refractivity (Wildman–Crippen MR) is 122 cm³/mol. The molecule has 5 atom stereocenters. The molecule has 1 saturated carbocycles. The van der Waals surface area contributed by atoms with Gasteiger partial charge in [-0.3, -0.25) is 9.79 Å². The third-order valence-corrected chi connectivity index (χ3v) is 7.93. The molecule has 0 bridgehead atoms. The summed E-state index contributed by atoms with van der Waals surface area (Å²) in [6, 6.07) is 5.01. The number of aliphatic hydroxyl groups excluding tert-OH is 2. The molecule has 1 saturated heterocycles. The molecular formula is C22H30N4O5S. The van der Waals surface area contributed by atoms with Crippen molar-refractivity contribution in [2.75, 3.05) is 38.3 Å². The highest BCUT2D eigenvalue weighted by molar-refractivity contribution is 8.15. The summed E-state index contributed by atoms with van der Waals surface area (Å²) in [5.41, 5.74) is 0.789. The van der Waals surface area contributed by atoms with E-state index >= 15 is 0 Å². The van der Waals surface area contributed by atoms with Crippen LogP contribution < -0.4 is 20.1 Å². The van der Waals surface area contributed by atoms with Gasteiger partial charge in [-0.05, 0) is 44.5 Å². The molecule has 1 aromatic carbocycles. The molecule has 32 heavy (non-hydrogen) atoms. The normalized spacial score (nSPS) is 31.7.